The number of fused-ring (bicyclic) bond motifs is 1. The summed E-state index contributed by atoms with van der Waals surface area (Å²) in [5.74, 6) is -0.218. The highest BCUT2D eigenvalue weighted by Gasteiger charge is 2.21. The molecule has 0 bridgehead atoms. The maximum absolute atomic E-state index is 13.0. The molecule has 1 heterocycles. The fourth-order valence-electron chi connectivity index (χ4n) is 3.07. The summed E-state index contributed by atoms with van der Waals surface area (Å²) >= 11 is 7.32. The second kappa shape index (κ2) is 10.1. The van der Waals surface area contributed by atoms with Crippen LogP contribution in [0.5, 0.6) is 0 Å². The van der Waals surface area contributed by atoms with E-state index >= 15 is 0 Å². The molecule has 0 N–H and O–H groups in total. The first kappa shape index (κ1) is 23.7. The Morgan fingerprint density at radius 3 is 2.48 bits per heavy atom. The van der Waals surface area contributed by atoms with Gasteiger partial charge in [-0.05, 0) is 69.4 Å². The lowest BCUT2D eigenvalue weighted by molar-refractivity contribution is -0.118. The maximum Gasteiger partial charge on any atom is 0.228 e. The van der Waals surface area contributed by atoms with E-state index in [0.717, 1.165) is 15.8 Å². The summed E-state index contributed by atoms with van der Waals surface area (Å²) in [6, 6.07) is 12.1. The van der Waals surface area contributed by atoms with Gasteiger partial charge in [-0.1, -0.05) is 29.0 Å². The molecule has 1 aromatic heterocycles. The van der Waals surface area contributed by atoms with Crippen LogP contribution in [-0.4, -0.2) is 57.1 Å². The van der Waals surface area contributed by atoms with Crippen LogP contribution in [0.3, 0.4) is 0 Å². The van der Waals surface area contributed by atoms with Gasteiger partial charge >= 0.3 is 0 Å². The quantitative estimate of drug-likeness (QED) is 0.454. The molecule has 0 unspecified atom stereocenters. The summed E-state index contributed by atoms with van der Waals surface area (Å²) in [4.78, 5) is 21.6. The molecule has 3 aromatic rings. The van der Waals surface area contributed by atoms with Gasteiger partial charge in [0.25, 0.3) is 0 Å². The van der Waals surface area contributed by atoms with Crippen LogP contribution >= 0.6 is 22.9 Å². The minimum absolute atomic E-state index is 0.0963. The van der Waals surface area contributed by atoms with Gasteiger partial charge in [0.05, 0.1) is 20.9 Å². The number of likely N-dealkylation sites (N-methyl/N-ethyl adjacent to an activating group) is 1. The van der Waals surface area contributed by atoms with Gasteiger partial charge in [-0.2, -0.15) is 0 Å². The van der Waals surface area contributed by atoms with Gasteiger partial charge in [-0.15, -0.1) is 0 Å². The summed E-state index contributed by atoms with van der Waals surface area (Å²) < 4.78 is 26.1. The Labute approximate surface area is 192 Å². The number of aryl methyl sites for hydroxylation is 1. The summed E-state index contributed by atoms with van der Waals surface area (Å²) in [5.41, 5.74) is 2.00. The number of carbonyl (C=O) groups excluding carboxylic acids is 1. The van der Waals surface area contributed by atoms with Crippen LogP contribution in [-0.2, 0) is 14.6 Å². The molecular formula is C22H26ClN3O3S2. The standard InChI is InChI=1S/C22H26ClN3O3S2/c1-16-6-11-19-20(15-16)30-22(24-19)26(13-12-25(2)3)21(27)5-4-14-31(28,29)18-9-7-17(23)8-10-18/h6-11,15H,4-5,12-14H2,1-3H3. The first-order valence-corrected chi connectivity index (χ1v) is 12.8. The second-order valence-corrected chi connectivity index (χ2v) is 11.2. The molecule has 0 aliphatic carbocycles. The average Bonchev–Trinajstić information content (AvgIpc) is 3.10. The van der Waals surface area contributed by atoms with E-state index < -0.39 is 9.84 Å². The zero-order chi connectivity index (χ0) is 22.6. The van der Waals surface area contributed by atoms with Crippen molar-refractivity contribution in [2.24, 2.45) is 0 Å². The Kier molecular flexibility index (Phi) is 7.69. The lowest BCUT2D eigenvalue weighted by Crippen LogP contribution is -2.36. The fraction of sp³-hybridized carbons (Fsp3) is 0.364. The second-order valence-electron chi connectivity index (χ2n) is 7.69. The van der Waals surface area contributed by atoms with Gasteiger partial charge in [0.2, 0.25) is 5.91 Å². The molecule has 9 heteroatoms. The summed E-state index contributed by atoms with van der Waals surface area (Å²) in [7, 11) is 0.430. The van der Waals surface area contributed by atoms with Crippen molar-refractivity contribution in [3.05, 3.63) is 53.1 Å². The number of rotatable bonds is 9. The molecule has 0 saturated heterocycles. The van der Waals surface area contributed by atoms with Gasteiger partial charge in [0.1, 0.15) is 0 Å². The first-order valence-electron chi connectivity index (χ1n) is 9.96. The molecule has 0 aliphatic rings. The van der Waals surface area contributed by atoms with E-state index in [9.17, 15) is 13.2 Å². The van der Waals surface area contributed by atoms with Crippen molar-refractivity contribution in [3.63, 3.8) is 0 Å². The average molecular weight is 480 g/mol. The zero-order valence-corrected chi connectivity index (χ0v) is 20.2. The van der Waals surface area contributed by atoms with E-state index in [4.69, 9.17) is 11.6 Å². The lowest BCUT2D eigenvalue weighted by atomic mass is 10.2. The van der Waals surface area contributed by atoms with Crippen LogP contribution in [0, 0.1) is 6.92 Å². The van der Waals surface area contributed by atoms with Gasteiger partial charge in [-0.25, -0.2) is 13.4 Å². The van der Waals surface area contributed by atoms with Crippen molar-refractivity contribution in [1.29, 1.82) is 0 Å². The van der Waals surface area contributed by atoms with Crippen molar-refractivity contribution in [2.75, 3.05) is 37.8 Å². The van der Waals surface area contributed by atoms with E-state index in [1.807, 2.05) is 38.1 Å². The highest BCUT2D eigenvalue weighted by atomic mass is 35.5. The summed E-state index contributed by atoms with van der Waals surface area (Å²) in [6.45, 7) is 3.20. The fourth-order valence-corrected chi connectivity index (χ4v) is 5.61. The Balaban J connectivity index is 1.71. The van der Waals surface area contributed by atoms with Crippen LogP contribution in [0.15, 0.2) is 47.4 Å². The molecule has 6 nitrogen and oxygen atoms in total. The topological polar surface area (TPSA) is 70.6 Å². The van der Waals surface area contributed by atoms with Crippen LogP contribution in [0.4, 0.5) is 5.13 Å². The largest absolute Gasteiger partial charge is 0.308 e. The van der Waals surface area contributed by atoms with Gasteiger partial charge in [0.15, 0.2) is 15.0 Å². The zero-order valence-electron chi connectivity index (χ0n) is 17.8. The number of thiazole rings is 1. The van der Waals surface area contributed by atoms with Crippen molar-refractivity contribution < 1.29 is 13.2 Å². The van der Waals surface area contributed by atoms with Crippen LogP contribution in [0.1, 0.15) is 18.4 Å². The normalized spacial score (nSPS) is 11.9. The van der Waals surface area contributed by atoms with E-state index in [1.165, 1.54) is 23.5 Å². The Morgan fingerprint density at radius 1 is 1.10 bits per heavy atom. The number of halogens is 1. The van der Waals surface area contributed by atoms with E-state index in [1.54, 1.807) is 17.0 Å². The molecule has 0 radical (unpaired) electrons. The molecule has 0 atom stereocenters. The number of sulfone groups is 1. The molecule has 2 aromatic carbocycles. The lowest BCUT2D eigenvalue weighted by Gasteiger charge is -2.22. The van der Waals surface area contributed by atoms with Crippen molar-refractivity contribution in [3.8, 4) is 0 Å². The monoisotopic (exact) mass is 479 g/mol. The number of carbonyl (C=O) groups is 1. The number of hydrogen-bond acceptors (Lipinski definition) is 6. The molecular weight excluding hydrogens is 454 g/mol. The van der Waals surface area contributed by atoms with Crippen molar-refractivity contribution in [1.82, 2.24) is 9.88 Å². The first-order chi connectivity index (χ1) is 14.7. The number of nitrogens with zero attached hydrogens (tertiary/aromatic N) is 3. The molecule has 0 spiro atoms. The highest BCUT2D eigenvalue weighted by molar-refractivity contribution is 7.91. The molecule has 0 aliphatic heterocycles. The number of aromatic nitrogens is 1. The third-order valence-electron chi connectivity index (χ3n) is 4.81. The van der Waals surface area contributed by atoms with E-state index in [-0.39, 0.29) is 29.4 Å². The van der Waals surface area contributed by atoms with Crippen LogP contribution in [0.2, 0.25) is 5.02 Å². The molecule has 1 amide bonds. The van der Waals surface area contributed by atoms with Gasteiger partial charge in [-0.3, -0.25) is 9.69 Å². The van der Waals surface area contributed by atoms with Crippen molar-refractivity contribution >= 4 is 54.0 Å². The third-order valence-corrected chi connectivity index (χ3v) is 7.92. The Morgan fingerprint density at radius 2 is 1.81 bits per heavy atom. The summed E-state index contributed by atoms with van der Waals surface area (Å²) in [6.07, 6.45) is 0.376. The van der Waals surface area contributed by atoms with E-state index in [2.05, 4.69) is 11.1 Å². The Hall–Kier alpha value is -2.00. The van der Waals surface area contributed by atoms with E-state index in [0.29, 0.717) is 23.2 Å². The number of amides is 1. The molecule has 0 fully saturated rings. The van der Waals surface area contributed by atoms with Gasteiger partial charge < -0.3 is 4.90 Å². The predicted molar refractivity (Wildman–Crippen MR) is 128 cm³/mol. The Bertz CT molecular complexity index is 1160. The summed E-state index contributed by atoms with van der Waals surface area (Å²) in [5, 5.41) is 1.13. The molecule has 3 rings (SSSR count). The highest BCUT2D eigenvalue weighted by Crippen LogP contribution is 2.30. The SMILES string of the molecule is Cc1ccc2nc(N(CCN(C)C)C(=O)CCCS(=O)(=O)c3ccc(Cl)cc3)sc2c1. The number of benzene rings is 2. The molecule has 0 saturated carbocycles. The number of anilines is 1. The predicted octanol–water partition coefficient (Wildman–Crippen LogP) is 4.41. The van der Waals surface area contributed by atoms with Gasteiger partial charge in [0, 0.05) is 24.5 Å². The minimum Gasteiger partial charge on any atom is -0.308 e. The maximum atomic E-state index is 13.0. The third kappa shape index (κ3) is 6.26. The smallest absolute Gasteiger partial charge is 0.228 e. The molecule has 166 valence electrons. The molecule has 31 heavy (non-hydrogen) atoms. The minimum atomic E-state index is -3.46. The van der Waals surface area contributed by atoms with Crippen LogP contribution in [0.25, 0.3) is 10.2 Å². The van der Waals surface area contributed by atoms with Crippen LogP contribution < -0.4 is 4.90 Å². The number of hydrogen-bond donors (Lipinski definition) is 0. The van der Waals surface area contributed by atoms with Crippen molar-refractivity contribution in [2.45, 2.75) is 24.7 Å².